The highest BCUT2D eigenvalue weighted by Crippen LogP contribution is 2.40. The zero-order chi connectivity index (χ0) is 11.1. The third-order valence-electron chi connectivity index (χ3n) is 3.77. The summed E-state index contributed by atoms with van der Waals surface area (Å²) in [7, 11) is 0. The molecular formula is C13H18N2S. The number of hydrogen-bond acceptors (Lipinski definition) is 3. The fourth-order valence-corrected chi connectivity index (χ4v) is 4.11. The van der Waals surface area contributed by atoms with Gasteiger partial charge in [0, 0.05) is 23.7 Å². The Balaban J connectivity index is 2.00. The van der Waals surface area contributed by atoms with E-state index in [0.717, 1.165) is 0 Å². The molecule has 2 nitrogen and oxygen atoms in total. The smallest absolute Gasteiger partial charge is 0.0391 e. The SMILES string of the molecule is Cc1ccc2c(c1)C(N)C1CSCCC1N2. The van der Waals surface area contributed by atoms with E-state index in [9.17, 15) is 0 Å². The number of aryl methyl sites for hydroxylation is 1. The molecular weight excluding hydrogens is 216 g/mol. The highest BCUT2D eigenvalue weighted by atomic mass is 32.2. The van der Waals surface area contributed by atoms with Gasteiger partial charge >= 0.3 is 0 Å². The van der Waals surface area contributed by atoms with Gasteiger partial charge in [0.2, 0.25) is 0 Å². The third-order valence-corrected chi connectivity index (χ3v) is 4.91. The van der Waals surface area contributed by atoms with Crippen LogP contribution in [0, 0.1) is 12.8 Å². The van der Waals surface area contributed by atoms with E-state index < -0.39 is 0 Å². The Morgan fingerprint density at radius 3 is 3.19 bits per heavy atom. The van der Waals surface area contributed by atoms with E-state index in [1.165, 1.54) is 34.7 Å². The Hall–Kier alpha value is -0.670. The monoisotopic (exact) mass is 234 g/mol. The van der Waals surface area contributed by atoms with Crippen LogP contribution in [0.3, 0.4) is 0 Å². The summed E-state index contributed by atoms with van der Waals surface area (Å²) in [6, 6.07) is 7.39. The summed E-state index contributed by atoms with van der Waals surface area (Å²) < 4.78 is 0. The van der Waals surface area contributed by atoms with Crippen LogP contribution >= 0.6 is 11.8 Å². The lowest BCUT2D eigenvalue weighted by Gasteiger charge is -2.41. The zero-order valence-electron chi connectivity index (χ0n) is 9.57. The first-order valence-corrected chi connectivity index (χ1v) is 7.11. The highest BCUT2D eigenvalue weighted by Gasteiger charge is 2.36. The van der Waals surface area contributed by atoms with Crippen LogP contribution in [-0.4, -0.2) is 17.5 Å². The van der Waals surface area contributed by atoms with Crippen molar-refractivity contribution in [2.45, 2.75) is 25.4 Å². The van der Waals surface area contributed by atoms with Crippen molar-refractivity contribution in [2.24, 2.45) is 11.7 Å². The number of rotatable bonds is 0. The number of benzene rings is 1. The van der Waals surface area contributed by atoms with Crippen molar-refractivity contribution in [3.63, 3.8) is 0 Å². The fourth-order valence-electron chi connectivity index (χ4n) is 2.81. The summed E-state index contributed by atoms with van der Waals surface area (Å²) in [4.78, 5) is 0. The lowest BCUT2D eigenvalue weighted by atomic mass is 9.82. The second-order valence-electron chi connectivity index (χ2n) is 4.89. The minimum atomic E-state index is 0.217. The second-order valence-corrected chi connectivity index (χ2v) is 6.04. The lowest BCUT2D eigenvalue weighted by Crippen LogP contribution is -2.44. The maximum absolute atomic E-state index is 6.42. The molecule has 3 N–H and O–H groups in total. The molecule has 0 bridgehead atoms. The molecule has 0 aliphatic carbocycles. The second kappa shape index (κ2) is 3.97. The quantitative estimate of drug-likeness (QED) is 0.724. The fraction of sp³-hybridized carbons (Fsp3) is 0.538. The average Bonchev–Trinajstić information content (AvgIpc) is 2.31. The Bertz CT molecular complexity index is 405. The Morgan fingerprint density at radius 2 is 2.31 bits per heavy atom. The molecule has 1 aromatic carbocycles. The molecule has 0 amide bonds. The minimum absolute atomic E-state index is 0.217. The molecule has 0 aromatic heterocycles. The van der Waals surface area contributed by atoms with Crippen LogP contribution < -0.4 is 11.1 Å². The summed E-state index contributed by atoms with van der Waals surface area (Å²) in [6.45, 7) is 2.13. The predicted molar refractivity (Wildman–Crippen MR) is 71.0 cm³/mol. The van der Waals surface area contributed by atoms with E-state index in [2.05, 4.69) is 30.4 Å². The first-order valence-electron chi connectivity index (χ1n) is 5.96. The van der Waals surface area contributed by atoms with E-state index in [0.29, 0.717) is 12.0 Å². The standard InChI is InChI=1S/C13H18N2S/c1-8-2-3-11-9(6-8)13(14)10-7-16-5-4-12(10)15-11/h2-3,6,10,12-13,15H,4-5,7,14H2,1H3. The van der Waals surface area contributed by atoms with Gasteiger partial charge in [0.05, 0.1) is 0 Å². The van der Waals surface area contributed by atoms with Gasteiger partial charge in [0.15, 0.2) is 0 Å². The van der Waals surface area contributed by atoms with E-state index in [1.54, 1.807) is 0 Å². The van der Waals surface area contributed by atoms with Crippen molar-refractivity contribution >= 4 is 17.4 Å². The van der Waals surface area contributed by atoms with Crippen molar-refractivity contribution in [3.8, 4) is 0 Å². The number of fused-ring (bicyclic) bond motifs is 2. The van der Waals surface area contributed by atoms with Gasteiger partial charge in [-0.1, -0.05) is 17.7 Å². The van der Waals surface area contributed by atoms with Gasteiger partial charge in [-0.15, -0.1) is 0 Å². The van der Waals surface area contributed by atoms with Crippen molar-refractivity contribution in [2.75, 3.05) is 16.8 Å². The van der Waals surface area contributed by atoms with Crippen LogP contribution in [0.2, 0.25) is 0 Å². The minimum Gasteiger partial charge on any atom is -0.382 e. The van der Waals surface area contributed by atoms with Crippen LogP contribution in [0.5, 0.6) is 0 Å². The summed E-state index contributed by atoms with van der Waals surface area (Å²) in [6.07, 6.45) is 1.25. The van der Waals surface area contributed by atoms with Gasteiger partial charge in [0.25, 0.3) is 0 Å². The number of nitrogens with two attached hydrogens (primary N) is 1. The molecule has 3 heteroatoms. The maximum Gasteiger partial charge on any atom is 0.0391 e. The Morgan fingerprint density at radius 1 is 1.44 bits per heavy atom. The molecule has 2 aliphatic rings. The van der Waals surface area contributed by atoms with Crippen LogP contribution in [0.4, 0.5) is 5.69 Å². The van der Waals surface area contributed by atoms with E-state index in [4.69, 9.17) is 5.73 Å². The summed E-state index contributed by atoms with van der Waals surface area (Å²) in [5.74, 6) is 3.07. The molecule has 1 aromatic rings. The molecule has 3 unspecified atom stereocenters. The first-order chi connectivity index (χ1) is 7.75. The topological polar surface area (TPSA) is 38.0 Å². The molecule has 0 radical (unpaired) electrons. The van der Waals surface area contributed by atoms with Crippen LogP contribution in [0.25, 0.3) is 0 Å². The molecule has 0 spiro atoms. The molecule has 0 saturated carbocycles. The normalized spacial score (nSPS) is 32.5. The number of anilines is 1. The number of nitrogens with one attached hydrogen (secondary N) is 1. The van der Waals surface area contributed by atoms with Crippen molar-refractivity contribution in [1.82, 2.24) is 0 Å². The van der Waals surface area contributed by atoms with Crippen molar-refractivity contribution in [1.29, 1.82) is 0 Å². The van der Waals surface area contributed by atoms with Gasteiger partial charge in [-0.25, -0.2) is 0 Å². The maximum atomic E-state index is 6.42. The number of thioether (sulfide) groups is 1. The van der Waals surface area contributed by atoms with Crippen LogP contribution in [0.15, 0.2) is 18.2 Å². The van der Waals surface area contributed by atoms with Gasteiger partial charge in [-0.3, -0.25) is 0 Å². The highest BCUT2D eigenvalue weighted by molar-refractivity contribution is 7.99. The van der Waals surface area contributed by atoms with Crippen LogP contribution in [0.1, 0.15) is 23.6 Å². The first kappa shape index (κ1) is 10.5. The number of hydrogen-bond donors (Lipinski definition) is 2. The summed E-state index contributed by atoms with van der Waals surface area (Å²) >= 11 is 2.04. The summed E-state index contributed by atoms with van der Waals surface area (Å²) in [5, 5.41) is 3.66. The van der Waals surface area contributed by atoms with Gasteiger partial charge in [0.1, 0.15) is 0 Å². The van der Waals surface area contributed by atoms with Crippen molar-refractivity contribution in [3.05, 3.63) is 29.3 Å². The Labute approximate surface area is 101 Å². The zero-order valence-corrected chi connectivity index (χ0v) is 10.4. The third kappa shape index (κ3) is 1.62. The van der Waals surface area contributed by atoms with E-state index in [1.807, 2.05) is 11.8 Å². The molecule has 2 heterocycles. The van der Waals surface area contributed by atoms with E-state index >= 15 is 0 Å². The van der Waals surface area contributed by atoms with Crippen LogP contribution in [-0.2, 0) is 0 Å². The molecule has 1 saturated heterocycles. The lowest BCUT2D eigenvalue weighted by molar-refractivity contribution is 0.381. The molecule has 3 rings (SSSR count). The Kier molecular flexibility index (Phi) is 2.60. The summed E-state index contributed by atoms with van der Waals surface area (Å²) in [5.41, 5.74) is 10.3. The average molecular weight is 234 g/mol. The molecule has 3 atom stereocenters. The largest absolute Gasteiger partial charge is 0.382 e. The van der Waals surface area contributed by atoms with Gasteiger partial charge in [-0.05, 0) is 36.5 Å². The van der Waals surface area contributed by atoms with Crippen molar-refractivity contribution < 1.29 is 0 Å². The van der Waals surface area contributed by atoms with E-state index in [-0.39, 0.29) is 6.04 Å². The van der Waals surface area contributed by atoms with Gasteiger partial charge in [-0.2, -0.15) is 11.8 Å². The molecule has 16 heavy (non-hydrogen) atoms. The molecule has 1 fully saturated rings. The molecule has 86 valence electrons. The van der Waals surface area contributed by atoms with Gasteiger partial charge < -0.3 is 11.1 Å². The predicted octanol–water partition coefficient (Wildman–Crippen LogP) is 2.54. The molecule has 2 aliphatic heterocycles.